The summed E-state index contributed by atoms with van der Waals surface area (Å²) in [6.07, 6.45) is 0. The van der Waals surface area contributed by atoms with Crippen LogP contribution in [-0.2, 0) is 10.8 Å². The van der Waals surface area contributed by atoms with Gasteiger partial charge in [0.05, 0.1) is 0 Å². The van der Waals surface area contributed by atoms with Gasteiger partial charge in [0.1, 0.15) is 0 Å². The van der Waals surface area contributed by atoms with E-state index in [4.69, 9.17) is 0 Å². The number of benzene rings is 8. The highest BCUT2D eigenvalue weighted by molar-refractivity contribution is 7.19. The van der Waals surface area contributed by atoms with Gasteiger partial charge in [-0.3, -0.25) is 0 Å². The fraction of sp³-hybridized carbons (Fsp3) is 0.103. The molecule has 8 aromatic carbocycles. The molecule has 0 unspecified atom stereocenters. The number of anilines is 3. The number of hydrogen-bond acceptors (Lipinski definition) is 2. The minimum Gasteiger partial charge on any atom is -0.310 e. The van der Waals surface area contributed by atoms with Crippen LogP contribution < -0.4 is 4.90 Å². The van der Waals surface area contributed by atoms with E-state index in [1.807, 2.05) is 11.3 Å². The van der Waals surface area contributed by atoms with Crippen LogP contribution in [0.5, 0.6) is 0 Å². The Bertz CT molecular complexity index is 3060. The summed E-state index contributed by atoms with van der Waals surface area (Å²) >= 11 is 1.94. The van der Waals surface area contributed by atoms with E-state index >= 15 is 0 Å². The van der Waals surface area contributed by atoms with Crippen molar-refractivity contribution in [2.24, 2.45) is 0 Å². The van der Waals surface area contributed by atoms with Gasteiger partial charge in [-0.15, -0.1) is 11.3 Å². The van der Waals surface area contributed by atoms with E-state index in [0.717, 1.165) is 17.1 Å². The van der Waals surface area contributed by atoms with Crippen LogP contribution in [0.25, 0.3) is 65.4 Å². The van der Waals surface area contributed by atoms with Crippen molar-refractivity contribution in [1.82, 2.24) is 0 Å². The van der Waals surface area contributed by atoms with Crippen molar-refractivity contribution in [3.8, 4) is 65.4 Å². The van der Waals surface area contributed by atoms with Crippen molar-refractivity contribution in [1.29, 1.82) is 0 Å². The van der Waals surface area contributed by atoms with Crippen LogP contribution in [-0.4, -0.2) is 0 Å². The first kappa shape index (κ1) is 36.3. The third-order valence-corrected chi connectivity index (χ3v) is 14.4. The first-order valence-electron chi connectivity index (χ1n) is 21.0. The maximum absolute atomic E-state index is 2.42. The van der Waals surface area contributed by atoms with Gasteiger partial charge in [0.15, 0.2) is 0 Å². The number of rotatable bonds is 7. The molecular weight excluding hydrogens is 743 g/mol. The molecule has 2 aliphatic carbocycles. The molecule has 9 aromatic rings. The maximum atomic E-state index is 2.42. The van der Waals surface area contributed by atoms with E-state index in [2.05, 4.69) is 233 Å². The molecule has 0 saturated carbocycles. The fourth-order valence-corrected chi connectivity index (χ4v) is 11.6. The van der Waals surface area contributed by atoms with Crippen LogP contribution in [0, 0.1) is 0 Å². The van der Waals surface area contributed by atoms with Gasteiger partial charge in [-0.1, -0.05) is 191 Å². The molecular formula is C58H45NS. The molecule has 0 fully saturated rings. The predicted octanol–water partition coefficient (Wildman–Crippen LogP) is 16.5. The Morgan fingerprint density at radius 1 is 0.333 bits per heavy atom. The summed E-state index contributed by atoms with van der Waals surface area (Å²) < 4.78 is 0. The Morgan fingerprint density at radius 3 is 1.45 bits per heavy atom. The molecule has 0 bridgehead atoms. The van der Waals surface area contributed by atoms with Crippen molar-refractivity contribution in [2.45, 2.75) is 38.5 Å². The first-order chi connectivity index (χ1) is 29.3. The Hall–Kier alpha value is -6.74. The lowest BCUT2D eigenvalue weighted by molar-refractivity contribution is 0.660. The van der Waals surface area contributed by atoms with Gasteiger partial charge in [0, 0.05) is 43.2 Å². The van der Waals surface area contributed by atoms with Gasteiger partial charge >= 0.3 is 0 Å². The van der Waals surface area contributed by atoms with Crippen molar-refractivity contribution in [3.63, 3.8) is 0 Å². The largest absolute Gasteiger partial charge is 0.310 e. The second kappa shape index (κ2) is 13.9. The van der Waals surface area contributed by atoms with Crippen LogP contribution in [0.2, 0.25) is 0 Å². The minimum absolute atomic E-state index is 0.101. The van der Waals surface area contributed by atoms with Crippen LogP contribution in [0.3, 0.4) is 0 Å². The zero-order chi connectivity index (χ0) is 40.6. The van der Waals surface area contributed by atoms with E-state index in [9.17, 15) is 0 Å². The molecule has 1 heterocycles. The molecule has 0 radical (unpaired) electrons. The van der Waals surface area contributed by atoms with Crippen molar-refractivity contribution in [3.05, 3.63) is 222 Å². The van der Waals surface area contributed by atoms with Gasteiger partial charge in [0.2, 0.25) is 0 Å². The summed E-state index contributed by atoms with van der Waals surface area (Å²) in [5.41, 5.74) is 21.6. The molecule has 0 aliphatic heterocycles. The maximum Gasteiger partial charge on any atom is 0.0465 e. The van der Waals surface area contributed by atoms with E-state index in [-0.39, 0.29) is 10.8 Å². The zero-order valence-electron chi connectivity index (χ0n) is 34.4. The van der Waals surface area contributed by atoms with E-state index in [0.29, 0.717) is 0 Å². The molecule has 2 heteroatoms. The van der Waals surface area contributed by atoms with Crippen molar-refractivity contribution < 1.29 is 0 Å². The highest BCUT2D eigenvalue weighted by Crippen LogP contribution is 2.60. The van der Waals surface area contributed by atoms with Crippen molar-refractivity contribution >= 4 is 28.4 Å². The average Bonchev–Trinajstić information content (AvgIpc) is 3.89. The Balaban J connectivity index is 1.03. The quantitative estimate of drug-likeness (QED) is 0.155. The van der Waals surface area contributed by atoms with Crippen LogP contribution >= 0.6 is 11.3 Å². The molecule has 0 N–H and O–H groups in total. The topological polar surface area (TPSA) is 3.24 Å². The number of fused-ring (bicyclic) bond motifs is 6. The fourth-order valence-electron chi connectivity index (χ4n) is 10.1. The Kier molecular flexibility index (Phi) is 8.44. The zero-order valence-corrected chi connectivity index (χ0v) is 35.2. The Labute approximate surface area is 357 Å². The monoisotopic (exact) mass is 787 g/mol. The molecule has 1 nitrogen and oxygen atoms in total. The molecule has 288 valence electrons. The molecule has 2 aliphatic rings. The minimum atomic E-state index is -0.135. The highest BCUT2D eigenvalue weighted by atomic mass is 32.1. The number of hydrogen-bond donors (Lipinski definition) is 0. The molecule has 0 saturated heterocycles. The average molecular weight is 788 g/mol. The van der Waals surface area contributed by atoms with E-state index in [1.54, 1.807) is 0 Å². The summed E-state index contributed by atoms with van der Waals surface area (Å²) in [5.74, 6) is 0. The standard InChI is InChI=1S/C58H45NS/c1-57(2)50-25-15-13-22-46(50)47-36-35-44(37-52(47)57)59(42-31-27-39(28-32-42)38-17-7-5-8-18-38)43-33-29-40(30-34-43)45-21-11-12-23-48(45)56-54-53(55(60-56)41-19-9-6-10-20-41)49-24-14-16-26-51(49)58(54,3)4/h5-37H,1-4H3. The molecule has 11 rings (SSSR count). The molecule has 0 amide bonds. The molecule has 1 aromatic heterocycles. The van der Waals surface area contributed by atoms with Crippen LogP contribution in [0.4, 0.5) is 17.1 Å². The lowest BCUT2D eigenvalue weighted by atomic mass is 9.81. The van der Waals surface area contributed by atoms with Crippen LogP contribution in [0.1, 0.15) is 49.9 Å². The van der Waals surface area contributed by atoms with E-state index < -0.39 is 0 Å². The highest BCUT2D eigenvalue weighted by Gasteiger charge is 2.41. The first-order valence-corrected chi connectivity index (χ1v) is 21.8. The smallest absolute Gasteiger partial charge is 0.0465 e. The van der Waals surface area contributed by atoms with Gasteiger partial charge in [-0.05, 0) is 109 Å². The summed E-state index contributed by atoms with van der Waals surface area (Å²) in [6.45, 7) is 9.52. The normalized spacial score (nSPS) is 13.9. The second-order valence-electron chi connectivity index (χ2n) is 17.3. The van der Waals surface area contributed by atoms with Gasteiger partial charge in [-0.25, -0.2) is 0 Å². The van der Waals surface area contributed by atoms with Crippen LogP contribution in [0.15, 0.2) is 200 Å². The SMILES string of the molecule is CC1(C)c2ccccc2-c2ccc(N(c3ccc(-c4ccccc4)cc3)c3ccc(-c4ccccc4-c4sc(-c5ccccc5)c5c4C(C)(C)c4ccccc4-5)cc3)cc21. The Morgan fingerprint density at radius 2 is 0.800 bits per heavy atom. The third kappa shape index (κ3) is 5.66. The number of thiophene rings is 1. The summed E-state index contributed by atoms with van der Waals surface area (Å²) in [5, 5.41) is 0. The molecule has 0 spiro atoms. The molecule has 60 heavy (non-hydrogen) atoms. The van der Waals surface area contributed by atoms with Crippen molar-refractivity contribution in [2.75, 3.05) is 4.90 Å². The summed E-state index contributed by atoms with van der Waals surface area (Å²) in [6, 6.07) is 73.8. The molecule has 0 atom stereocenters. The number of nitrogens with zero attached hydrogens (tertiary/aromatic N) is 1. The summed E-state index contributed by atoms with van der Waals surface area (Å²) in [4.78, 5) is 5.12. The third-order valence-electron chi connectivity index (χ3n) is 13.1. The second-order valence-corrected chi connectivity index (χ2v) is 18.3. The van der Waals surface area contributed by atoms with E-state index in [1.165, 1.54) is 87.6 Å². The van der Waals surface area contributed by atoms with Gasteiger partial charge < -0.3 is 4.90 Å². The lowest BCUT2D eigenvalue weighted by Gasteiger charge is -2.28. The summed E-state index contributed by atoms with van der Waals surface area (Å²) in [7, 11) is 0. The van der Waals surface area contributed by atoms with Gasteiger partial charge in [-0.2, -0.15) is 0 Å². The lowest BCUT2D eigenvalue weighted by Crippen LogP contribution is -2.16. The van der Waals surface area contributed by atoms with Gasteiger partial charge in [0.25, 0.3) is 0 Å². The predicted molar refractivity (Wildman–Crippen MR) is 256 cm³/mol.